The Bertz CT molecular complexity index is 1130. The fourth-order valence-corrected chi connectivity index (χ4v) is 5.93. The van der Waals surface area contributed by atoms with Gasteiger partial charge in [-0.3, -0.25) is 9.59 Å². The Balaban J connectivity index is 1.37. The zero-order valence-electron chi connectivity index (χ0n) is 19.8. The highest BCUT2D eigenvalue weighted by Crippen LogP contribution is 2.52. The molecule has 2 amide bonds. The van der Waals surface area contributed by atoms with E-state index < -0.39 is 29.1 Å². The number of carbonyl (C=O) groups excluding carboxylic acids is 2. The van der Waals surface area contributed by atoms with Gasteiger partial charge in [0.1, 0.15) is 6.04 Å². The van der Waals surface area contributed by atoms with Gasteiger partial charge in [0, 0.05) is 23.5 Å². The molecular formula is C27H29BrF3N3O2. The molecular weight excluding hydrogens is 535 g/mol. The first kappa shape index (κ1) is 25.3. The van der Waals surface area contributed by atoms with Crippen molar-refractivity contribution in [3.8, 4) is 0 Å². The summed E-state index contributed by atoms with van der Waals surface area (Å²) in [5.74, 6) is -0.397. The number of halogens is 4. The lowest BCUT2D eigenvalue weighted by Crippen LogP contribution is -2.60. The first-order valence-electron chi connectivity index (χ1n) is 12.4. The maximum Gasteiger partial charge on any atom is 0.416 e. The van der Waals surface area contributed by atoms with E-state index in [4.69, 9.17) is 0 Å². The fraction of sp³-hybridized carbons (Fsp3) is 0.481. The molecule has 192 valence electrons. The van der Waals surface area contributed by atoms with E-state index in [2.05, 4.69) is 31.5 Å². The normalized spacial score (nSPS) is 25.2. The van der Waals surface area contributed by atoms with Gasteiger partial charge in [0.05, 0.1) is 11.0 Å². The Kier molecular flexibility index (Phi) is 6.89. The number of benzene rings is 2. The number of nitrogens with zero attached hydrogens (tertiary/aromatic N) is 1. The third kappa shape index (κ3) is 5.18. The van der Waals surface area contributed by atoms with Crippen molar-refractivity contribution in [3.63, 3.8) is 0 Å². The van der Waals surface area contributed by atoms with Gasteiger partial charge >= 0.3 is 6.18 Å². The topological polar surface area (TPSA) is 61.4 Å². The highest BCUT2D eigenvalue weighted by atomic mass is 79.9. The smallest absolute Gasteiger partial charge is 0.350 e. The Labute approximate surface area is 216 Å². The highest BCUT2D eigenvalue weighted by molar-refractivity contribution is 9.10. The number of hydrogen-bond donors (Lipinski definition) is 2. The van der Waals surface area contributed by atoms with Crippen LogP contribution in [0.1, 0.15) is 42.4 Å². The van der Waals surface area contributed by atoms with Crippen LogP contribution < -0.4 is 10.6 Å². The summed E-state index contributed by atoms with van der Waals surface area (Å²) in [7, 11) is 0. The van der Waals surface area contributed by atoms with E-state index in [-0.39, 0.29) is 23.9 Å². The van der Waals surface area contributed by atoms with E-state index in [0.29, 0.717) is 18.8 Å². The largest absolute Gasteiger partial charge is 0.416 e. The molecule has 3 heterocycles. The van der Waals surface area contributed by atoms with Gasteiger partial charge in [0.15, 0.2) is 0 Å². The monoisotopic (exact) mass is 563 g/mol. The van der Waals surface area contributed by atoms with Crippen LogP contribution in [0.25, 0.3) is 0 Å². The summed E-state index contributed by atoms with van der Waals surface area (Å²) < 4.78 is 42.0. The van der Waals surface area contributed by atoms with E-state index in [1.54, 1.807) is 0 Å². The molecule has 2 N–H and O–H groups in total. The summed E-state index contributed by atoms with van der Waals surface area (Å²) in [6.45, 7) is 2.87. The number of amides is 2. The Morgan fingerprint density at radius 2 is 1.72 bits per heavy atom. The third-order valence-electron chi connectivity index (χ3n) is 7.89. The van der Waals surface area contributed by atoms with Crippen molar-refractivity contribution in [1.82, 2.24) is 15.5 Å². The molecule has 2 bridgehead atoms. The van der Waals surface area contributed by atoms with Gasteiger partial charge in [-0.25, -0.2) is 0 Å². The summed E-state index contributed by atoms with van der Waals surface area (Å²) >= 11 is 3.40. The number of fused-ring (bicyclic) bond motifs is 3. The Morgan fingerprint density at radius 1 is 1.06 bits per heavy atom. The van der Waals surface area contributed by atoms with Crippen LogP contribution in [0.5, 0.6) is 0 Å². The predicted molar refractivity (Wildman–Crippen MR) is 133 cm³/mol. The number of nitrogens with one attached hydrogen (secondary N) is 2. The lowest BCUT2D eigenvalue weighted by molar-refractivity contribution is -0.139. The number of alkyl halides is 3. The molecule has 6 rings (SSSR count). The van der Waals surface area contributed by atoms with Crippen molar-refractivity contribution in [3.05, 3.63) is 69.7 Å². The lowest BCUT2D eigenvalue weighted by atomic mass is 9.84. The van der Waals surface area contributed by atoms with Crippen molar-refractivity contribution < 1.29 is 22.8 Å². The average molecular weight is 564 g/mol. The molecule has 1 saturated carbocycles. The molecule has 36 heavy (non-hydrogen) atoms. The van der Waals surface area contributed by atoms with Crippen molar-refractivity contribution in [1.29, 1.82) is 0 Å². The fourth-order valence-electron chi connectivity index (χ4n) is 5.67. The van der Waals surface area contributed by atoms with Gasteiger partial charge in [-0.2, -0.15) is 13.2 Å². The van der Waals surface area contributed by atoms with Crippen LogP contribution in [0.15, 0.2) is 53.0 Å². The quantitative estimate of drug-likeness (QED) is 0.523. The second kappa shape index (κ2) is 9.82. The summed E-state index contributed by atoms with van der Waals surface area (Å²) in [6, 6.07) is 11.9. The van der Waals surface area contributed by atoms with Crippen LogP contribution in [-0.4, -0.2) is 48.4 Å². The lowest BCUT2D eigenvalue weighted by Gasteiger charge is -2.45. The van der Waals surface area contributed by atoms with Gasteiger partial charge < -0.3 is 15.5 Å². The first-order valence-corrected chi connectivity index (χ1v) is 13.2. The van der Waals surface area contributed by atoms with Crippen LogP contribution >= 0.6 is 15.9 Å². The van der Waals surface area contributed by atoms with E-state index >= 15 is 0 Å². The minimum absolute atomic E-state index is 0.0183. The summed E-state index contributed by atoms with van der Waals surface area (Å²) in [6.07, 6.45) is -1.60. The predicted octanol–water partition coefficient (Wildman–Crippen LogP) is 4.44. The molecule has 0 radical (unpaired) electrons. The van der Waals surface area contributed by atoms with Crippen LogP contribution in [-0.2, 0) is 27.6 Å². The first-order chi connectivity index (χ1) is 17.2. The van der Waals surface area contributed by atoms with E-state index in [9.17, 15) is 22.8 Å². The molecule has 5 nitrogen and oxygen atoms in total. The zero-order valence-corrected chi connectivity index (χ0v) is 21.4. The minimum atomic E-state index is -4.56. The molecule has 2 aromatic rings. The molecule has 2 atom stereocenters. The molecule has 1 unspecified atom stereocenters. The standard InChI is InChI=1S/C27H29BrF3N3O2/c28-19-7-5-17(6-8-19)15-22(24(35)32-23-16-34-13-9-18(23)10-14-34)33-25(36)26(11-12-26)20-3-1-2-4-21(20)27(29,30)31/h1-8,18,22-23H,9-16H2,(H,32,35)(H,33,36)/t22?,23-/m1/s1. The van der Waals surface area contributed by atoms with Gasteiger partial charge in [0.25, 0.3) is 0 Å². The number of hydrogen-bond acceptors (Lipinski definition) is 3. The van der Waals surface area contributed by atoms with Crippen LogP contribution in [0.4, 0.5) is 13.2 Å². The number of piperidine rings is 3. The zero-order chi connectivity index (χ0) is 25.5. The van der Waals surface area contributed by atoms with Crippen molar-refractivity contribution in [2.45, 2.75) is 55.8 Å². The molecule has 9 heteroatoms. The van der Waals surface area contributed by atoms with E-state index in [0.717, 1.165) is 48.6 Å². The Hall–Kier alpha value is -2.39. The van der Waals surface area contributed by atoms with E-state index in [1.165, 1.54) is 18.2 Å². The molecule has 4 fully saturated rings. The minimum Gasteiger partial charge on any atom is -0.350 e. The van der Waals surface area contributed by atoms with Crippen molar-refractivity contribution >= 4 is 27.7 Å². The van der Waals surface area contributed by atoms with Crippen molar-refractivity contribution in [2.75, 3.05) is 19.6 Å². The average Bonchev–Trinajstić information content (AvgIpc) is 3.67. The van der Waals surface area contributed by atoms with Crippen LogP contribution in [0.3, 0.4) is 0 Å². The molecule has 4 aliphatic rings. The van der Waals surface area contributed by atoms with E-state index in [1.807, 2.05) is 24.3 Å². The summed E-state index contributed by atoms with van der Waals surface area (Å²) in [5.41, 5.74) is -1.22. The van der Waals surface area contributed by atoms with Crippen LogP contribution in [0, 0.1) is 5.92 Å². The third-order valence-corrected chi connectivity index (χ3v) is 8.42. The highest BCUT2D eigenvalue weighted by Gasteiger charge is 2.55. The molecule has 1 aliphatic carbocycles. The number of rotatable bonds is 7. The van der Waals surface area contributed by atoms with Gasteiger partial charge in [0.2, 0.25) is 11.8 Å². The van der Waals surface area contributed by atoms with Gasteiger partial charge in [-0.15, -0.1) is 0 Å². The van der Waals surface area contributed by atoms with Gasteiger partial charge in [-0.1, -0.05) is 46.3 Å². The molecule has 0 aromatic heterocycles. The van der Waals surface area contributed by atoms with Crippen LogP contribution in [0.2, 0.25) is 0 Å². The summed E-state index contributed by atoms with van der Waals surface area (Å²) in [4.78, 5) is 29.3. The second-order valence-corrected chi connectivity index (χ2v) is 11.2. The van der Waals surface area contributed by atoms with Gasteiger partial charge in [-0.05, 0) is 74.0 Å². The molecule has 2 aromatic carbocycles. The Morgan fingerprint density at radius 3 is 2.31 bits per heavy atom. The SMILES string of the molecule is O=C(N[C@@H]1CN2CCC1CC2)C(Cc1ccc(Br)cc1)NC(=O)C1(c2ccccc2C(F)(F)F)CC1. The number of carbonyl (C=O) groups is 2. The molecule has 3 aliphatic heterocycles. The second-order valence-electron chi connectivity index (χ2n) is 10.2. The maximum atomic E-state index is 13.7. The maximum absolute atomic E-state index is 13.7. The molecule has 3 saturated heterocycles. The summed E-state index contributed by atoms with van der Waals surface area (Å²) in [5, 5.41) is 6.00. The van der Waals surface area contributed by atoms with Crippen molar-refractivity contribution in [2.24, 2.45) is 5.92 Å². The molecule has 0 spiro atoms.